The average molecular weight is 1210 g/mol. The molecule has 0 saturated carbocycles. The minimum Gasteiger partial charge on any atom is -0.398 e. The summed E-state index contributed by atoms with van der Waals surface area (Å²) in [5.41, 5.74) is 55.7. The van der Waals surface area contributed by atoms with Crippen LogP contribution in [-0.2, 0) is 33.9 Å². The number of nitrogens with two attached hydrogens (primary N) is 4. The Kier molecular flexibility index (Phi) is 16.3. The second-order valence-corrected chi connectivity index (χ2v) is 25.1. The van der Waals surface area contributed by atoms with Crippen LogP contribution in [0.5, 0.6) is 0 Å². The van der Waals surface area contributed by atoms with E-state index < -0.39 is 0 Å². The summed E-state index contributed by atoms with van der Waals surface area (Å²) in [7, 11) is 0. The van der Waals surface area contributed by atoms with E-state index in [-0.39, 0.29) is 10.2 Å². The van der Waals surface area contributed by atoms with Gasteiger partial charge in [0.25, 0.3) is 0 Å². The Labute approximate surface area is 532 Å². The summed E-state index contributed by atoms with van der Waals surface area (Å²) >= 11 is 2.57. The molecule has 0 radical (unpaired) electrons. The predicted octanol–water partition coefficient (Wildman–Crippen LogP) is 19.0. The molecule has 10 nitrogen and oxygen atoms in total. The predicted molar refractivity (Wildman–Crippen MR) is 383 cm³/mol. The number of carbonyl (C=O) groups excluding carboxylic acids is 2. The van der Waals surface area contributed by atoms with Crippen molar-refractivity contribution in [1.29, 1.82) is 0 Å². The van der Waals surface area contributed by atoms with Gasteiger partial charge in [-0.3, -0.25) is 9.59 Å². The number of thioether (sulfide) groups is 2. The standard InChI is InChI=1S/C78H66N8O2S2/c1-5-47-11-7-15-51(35-47)55-19-23-63(79)59(39-55)75-67-27-28-68(83-67)76(60-40-56(20-24-64(60)80)52-16-8-12-48(6-2)36-52)70-30-32-72(85-70)78(62-42-58(22-26-66(62)82)54-18-10-14-50(38-54)44-90-46(4)88)74-34-33-73(86-74)77(71-31-29-69(75)84-71)61-41-57(21-25-65(61)81)53-17-9-13-49(37-53)43-89-45(3)87/h7-42,83,86H,5-6,43-44,79-82H2,1-4H3. The largest absolute Gasteiger partial charge is 0.398 e. The van der Waals surface area contributed by atoms with Crippen LogP contribution in [0, 0.1) is 0 Å². The number of carbonyl (C=O) groups is 2. The lowest BCUT2D eigenvalue weighted by Crippen LogP contribution is -1.96. The molecule has 5 heterocycles. The molecular weight excluding hydrogens is 1150 g/mol. The first-order valence-corrected chi connectivity index (χ1v) is 32.1. The van der Waals surface area contributed by atoms with E-state index in [1.165, 1.54) is 34.7 Å². The number of aryl methyl sites for hydroxylation is 2. The fourth-order valence-electron chi connectivity index (χ4n) is 12.1. The summed E-state index contributed by atoms with van der Waals surface area (Å²) in [4.78, 5) is 43.4. The van der Waals surface area contributed by atoms with Gasteiger partial charge in [-0.1, -0.05) is 159 Å². The zero-order valence-corrected chi connectivity index (χ0v) is 52.1. The molecule has 0 spiro atoms. The average Bonchev–Trinajstić information content (AvgIpc) is 1.60. The highest BCUT2D eigenvalue weighted by Crippen LogP contribution is 2.45. The van der Waals surface area contributed by atoms with Crippen molar-refractivity contribution >= 4 is 103 Å². The lowest BCUT2D eigenvalue weighted by atomic mass is 9.95. The van der Waals surface area contributed by atoms with Gasteiger partial charge in [-0.25, -0.2) is 9.97 Å². The molecule has 442 valence electrons. The van der Waals surface area contributed by atoms with Gasteiger partial charge in [0.1, 0.15) is 0 Å². The van der Waals surface area contributed by atoms with E-state index in [1.54, 1.807) is 13.8 Å². The van der Waals surface area contributed by atoms with Crippen molar-refractivity contribution < 1.29 is 9.59 Å². The number of rotatable bonds is 14. The molecular formula is C78H66N8O2S2. The van der Waals surface area contributed by atoms with Crippen LogP contribution in [0.2, 0.25) is 0 Å². The first-order chi connectivity index (χ1) is 43.7. The van der Waals surface area contributed by atoms with Crippen LogP contribution in [0.25, 0.3) is 135 Å². The van der Waals surface area contributed by atoms with Crippen molar-refractivity contribution in [2.24, 2.45) is 0 Å². The molecule has 8 bridgehead atoms. The minimum atomic E-state index is 0.0630. The Morgan fingerprint density at radius 2 is 0.600 bits per heavy atom. The number of nitrogen functional groups attached to an aromatic ring is 4. The molecule has 8 aromatic carbocycles. The number of hydrogen-bond donors (Lipinski definition) is 6. The van der Waals surface area contributed by atoms with Gasteiger partial charge in [0.2, 0.25) is 0 Å². The summed E-state index contributed by atoms with van der Waals surface area (Å²) < 4.78 is 0. The van der Waals surface area contributed by atoms with Gasteiger partial charge in [0, 0.05) is 115 Å². The van der Waals surface area contributed by atoms with Crippen molar-refractivity contribution in [1.82, 2.24) is 19.9 Å². The van der Waals surface area contributed by atoms with Gasteiger partial charge < -0.3 is 32.9 Å². The fourth-order valence-corrected chi connectivity index (χ4v) is 13.2. The van der Waals surface area contributed by atoms with Crippen LogP contribution >= 0.6 is 23.5 Å². The third-order valence-corrected chi connectivity index (χ3v) is 18.6. The van der Waals surface area contributed by atoms with Crippen molar-refractivity contribution in [3.8, 4) is 89.0 Å². The van der Waals surface area contributed by atoms with Crippen LogP contribution in [0.15, 0.2) is 194 Å². The lowest BCUT2D eigenvalue weighted by molar-refractivity contribution is -0.109. The highest BCUT2D eigenvalue weighted by atomic mass is 32.2. The number of fused-ring (bicyclic) bond motifs is 8. The third kappa shape index (κ3) is 11.9. The van der Waals surface area contributed by atoms with Gasteiger partial charge in [-0.2, -0.15) is 0 Å². The Balaban J connectivity index is 1.14. The van der Waals surface area contributed by atoms with Crippen molar-refractivity contribution in [2.75, 3.05) is 22.9 Å². The summed E-state index contributed by atoms with van der Waals surface area (Å²) in [6, 6.07) is 66.9. The van der Waals surface area contributed by atoms with Crippen LogP contribution in [-0.4, -0.2) is 30.2 Å². The maximum Gasteiger partial charge on any atom is 0.186 e. The van der Waals surface area contributed by atoms with Gasteiger partial charge in [-0.15, -0.1) is 0 Å². The number of benzene rings is 8. The van der Waals surface area contributed by atoms with Crippen LogP contribution in [0.1, 0.15) is 72.7 Å². The molecule has 2 aliphatic rings. The Bertz CT molecular complexity index is 4650. The van der Waals surface area contributed by atoms with Gasteiger partial charge >= 0.3 is 0 Å². The van der Waals surface area contributed by atoms with Crippen LogP contribution < -0.4 is 22.9 Å². The monoisotopic (exact) mass is 1210 g/mol. The second kappa shape index (κ2) is 25.0. The number of hydrogen-bond acceptors (Lipinski definition) is 10. The SMILES string of the molecule is CCc1cccc(-c2ccc(N)c(-c3c4nc(c(-c5cc(-c6cccc(CSC(C)=O)c6)ccc5N)c5ccc([nH]5)c(-c5cc(-c6cccc(CSC(C)=O)c6)ccc5N)c5nc(c(-c6cc(-c7cccc(CC)c7)ccc6N)c6ccc3[nH]6)C=C5)C=C4)c2)c1. The smallest absolute Gasteiger partial charge is 0.186 e. The molecule has 10 N–H and O–H groups in total. The molecule has 0 amide bonds. The van der Waals surface area contributed by atoms with Crippen molar-refractivity contribution in [3.05, 3.63) is 239 Å². The summed E-state index contributed by atoms with van der Waals surface area (Å²) in [6.07, 6.45) is 10.0. The minimum absolute atomic E-state index is 0.0630. The summed E-state index contributed by atoms with van der Waals surface area (Å²) in [5.74, 6) is 1.11. The van der Waals surface area contributed by atoms with E-state index in [9.17, 15) is 9.59 Å². The first kappa shape index (κ1) is 58.6. The van der Waals surface area contributed by atoms with E-state index in [4.69, 9.17) is 32.9 Å². The molecule has 0 fully saturated rings. The molecule has 0 saturated heterocycles. The molecule has 0 atom stereocenters. The molecule has 90 heavy (non-hydrogen) atoms. The van der Waals surface area contributed by atoms with Crippen molar-refractivity contribution in [2.45, 2.75) is 52.0 Å². The topological polar surface area (TPSA) is 196 Å². The number of anilines is 4. The zero-order chi connectivity index (χ0) is 62.2. The Hall–Kier alpha value is -10.4. The van der Waals surface area contributed by atoms with Crippen LogP contribution in [0.4, 0.5) is 22.7 Å². The van der Waals surface area contributed by atoms with Gasteiger partial charge in [0.15, 0.2) is 10.2 Å². The first-order valence-electron chi connectivity index (χ1n) is 30.2. The number of aromatic nitrogens is 4. The van der Waals surface area contributed by atoms with Crippen LogP contribution in [0.3, 0.4) is 0 Å². The fraction of sp³-hybridized carbons (Fsp3) is 0.103. The maximum absolute atomic E-state index is 12.1. The number of nitrogens with one attached hydrogen (secondary N) is 2. The number of nitrogens with zero attached hydrogens (tertiary/aromatic N) is 2. The molecule has 3 aromatic heterocycles. The highest BCUT2D eigenvalue weighted by Gasteiger charge is 2.24. The van der Waals surface area contributed by atoms with Gasteiger partial charge in [0.05, 0.1) is 22.8 Å². The third-order valence-electron chi connectivity index (χ3n) is 16.8. The summed E-state index contributed by atoms with van der Waals surface area (Å²) in [6.45, 7) is 7.52. The second-order valence-electron chi connectivity index (χ2n) is 22.8. The molecule has 2 aliphatic heterocycles. The number of aromatic amines is 2. The van der Waals surface area contributed by atoms with E-state index in [0.29, 0.717) is 57.0 Å². The van der Waals surface area contributed by atoms with E-state index in [0.717, 1.165) is 135 Å². The van der Waals surface area contributed by atoms with Crippen molar-refractivity contribution in [3.63, 3.8) is 0 Å². The molecule has 0 aliphatic carbocycles. The molecule has 11 aromatic rings. The van der Waals surface area contributed by atoms with E-state index >= 15 is 0 Å². The molecule has 0 unspecified atom stereocenters. The molecule has 12 heteroatoms. The Morgan fingerprint density at radius 3 is 0.867 bits per heavy atom. The number of H-pyrrole nitrogens is 2. The molecule has 13 rings (SSSR count). The lowest BCUT2D eigenvalue weighted by Gasteiger charge is -2.13. The van der Waals surface area contributed by atoms with E-state index in [2.05, 4.69) is 182 Å². The van der Waals surface area contributed by atoms with E-state index in [1.807, 2.05) is 60.7 Å². The normalized spacial score (nSPS) is 11.8. The quantitative estimate of drug-likeness (QED) is 0.0570. The maximum atomic E-state index is 12.1. The zero-order valence-electron chi connectivity index (χ0n) is 50.4. The highest BCUT2D eigenvalue weighted by molar-refractivity contribution is 8.13. The Morgan fingerprint density at radius 1 is 0.344 bits per heavy atom. The summed E-state index contributed by atoms with van der Waals surface area (Å²) in [5, 5.41) is 0.126. The van der Waals surface area contributed by atoms with Gasteiger partial charge in [-0.05, 0) is 177 Å².